The van der Waals surface area contributed by atoms with Crippen LogP contribution in [0.1, 0.15) is 37.8 Å². The minimum absolute atomic E-state index is 0.120. The van der Waals surface area contributed by atoms with E-state index in [0.29, 0.717) is 31.0 Å². The van der Waals surface area contributed by atoms with Gasteiger partial charge in [-0.05, 0) is 32.1 Å². The fraction of sp³-hybridized carbons (Fsp3) is 0.643. The number of nitrogens with zero attached hydrogens (tertiary/aromatic N) is 1. The van der Waals surface area contributed by atoms with Crippen molar-refractivity contribution in [3.8, 4) is 0 Å². The van der Waals surface area contributed by atoms with E-state index < -0.39 is 0 Å². The van der Waals surface area contributed by atoms with Crippen molar-refractivity contribution in [1.82, 2.24) is 4.98 Å². The fourth-order valence-electron chi connectivity index (χ4n) is 2.13. The number of aromatic nitrogens is 1. The second-order valence-electron chi connectivity index (χ2n) is 4.92. The molecule has 1 N–H and O–H groups in total. The third-order valence-corrected chi connectivity index (χ3v) is 4.10. The molecule has 1 amide bonds. The van der Waals surface area contributed by atoms with Gasteiger partial charge in [-0.25, -0.2) is 4.98 Å². The average Bonchev–Trinajstić information content (AvgIpc) is 2.95. The smallest absolute Gasteiger partial charge is 0.305 e. The molecule has 21 heavy (non-hydrogen) atoms. The summed E-state index contributed by atoms with van der Waals surface area (Å²) in [6.07, 6.45) is 4.22. The van der Waals surface area contributed by atoms with Crippen molar-refractivity contribution in [2.75, 3.05) is 19.0 Å². The van der Waals surface area contributed by atoms with Crippen molar-refractivity contribution < 1.29 is 19.1 Å². The van der Waals surface area contributed by atoms with E-state index in [9.17, 15) is 9.59 Å². The third kappa shape index (κ3) is 5.09. The summed E-state index contributed by atoms with van der Waals surface area (Å²) < 4.78 is 10.0. The first-order valence-electron chi connectivity index (χ1n) is 7.12. The number of rotatable bonds is 6. The summed E-state index contributed by atoms with van der Waals surface area (Å²) in [6, 6.07) is 0. The van der Waals surface area contributed by atoms with E-state index in [1.807, 2.05) is 5.38 Å². The molecule has 0 bridgehead atoms. The number of hydrogen-bond acceptors (Lipinski definition) is 6. The summed E-state index contributed by atoms with van der Waals surface area (Å²) in [5.41, 5.74) is 0.878. The maximum atomic E-state index is 12.0. The van der Waals surface area contributed by atoms with Crippen LogP contribution in [0.3, 0.4) is 0 Å². The molecule has 1 aliphatic rings. The van der Waals surface area contributed by atoms with Gasteiger partial charge in [0.05, 0.1) is 12.8 Å². The summed E-state index contributed by atoms with van der Waals surface area (Å²) in [7, 11) is 1.38. The third-order valence-electron chi connectivity index (χ3n) is 3.30. The van der Waals surface area contributed by atoms with Crippen molar-refractivity contribution in [1.29, 1.82) is 0 Å². The highest BCUT2D eigenvalue weighted by atomic mass is 32.1. The zero-order valence-electron chi connectivity index (χ0n) is 12.1. The molecular formula is C14H20N2O4S. The Kier molecular flexibility index (Phi) is 6.13. The van der Waals surface area contributed by atoms with Gasteiger partial charge < -0.3 is 9.47 Å². The lowest BCUT2D eigenvalue weighted by atomic mass is 10.1. The standard InChI is InChI=1S/C14H20N2O4S/c1-19-12(17)7-4-5-10-9-21-14(15-10)16-13(18)11-6-2-3-8-20-11/h9,11H,2-8H2,1H3,(H,15,16,18). The lowest BCUT2D eigenvalue weighted by Crippen LogP contribution is -2.33. The lowest BCUT2D eigenvalue weighted by molar-refractivity contribution is -0.140. The number of carbonyl (C=O) groups is 2. The molecule has 1 aromatic rings. The number of nitrogens with one attached hydrogen (secondary N) is 1. The predicted molar refractivity (Wildman–Crippen MR) is 79.3 cm³/mol. The van der Waals surface area contributed by atoms with Crippen molar-refractivity contribution >= 4 is 28.3 Å². The SMILES string of the molecule is COC(=O)CCCc1csc(NC(=O)C2CCCCO2)n1. The first-order valence-corrected chi connectivity index (χ1v) is 8.00. The molecule has 2 rings (SSSR count). The van der Waals surface area contributed by atoms with Crippen LogP contribution in [0.2, 0.25) is 0 Å². The van der Waals surface area contributed by atoms with Crippen molar-refractivity contribution in [3.63, 3.8) is 0 Å². The maximum Gasteiger partial charge on any atom is 0.305 e. The van der Waals surface area contributed by atoms with E-state index in [0.717, 1.165) is 25.0 Å². The first kappa shape index (κ1) is 15.9. The summed E-state index contributed by atoms with van der Waals surface area (Å²) in [5, 5.41) is 5.28. The molecule has 0 radical (unpaired) electrons. The van der Waals surface area contributed by atoms with Gasteiger partial charge in [0.2, 0.25) is 0 Å². The van der Waals surface area contributed by atoms with Crippen LogP contribution in [-0.4, -0.2) is 36.7 Å². The Bertz CT molecular complexity index is 483. The van der Waals surface area contributed by atoms with E-state index >= 15 is 0 Å². The largest absolute Gasteiger partial charge is 0.469 e. The van der Waals surface area contributed by atoms with Crippen molar-refractivity contribution in [2.24, 2.45) is 0 Å². The molecule has 1 atom stereocenters. The quantitative estimate of drug-likeness (QED) is 0.814. The Morgan fingerprint density at radius 2 is 2.38 bits per heavy atom. The number of methoxy groups -OCH3 is 1. The lowest BCUT2D eigenvalue weighted by Gasteiger charge is -2.20. The van der Waals surface area contributed by atoms with Gasteiger partial charge in [0, 0.05) is 18.4 Å². The summed E-state index contributed by atoms with van der Waals surface area (Å²) in [6.45, 7) is 0.648. The number of aryl methyl sites for hydroxylation is 1. The molecule has 1 saturated heterocycles. The molecule has 6 nitrogen and oxygen atoms in total. The van der Waals surface area contributed by atoms with Crippen LogP contribution >= 0.6 is 11.3 Å². The van der Waals surface area contributed by atoms with Crippen molar-refractivity contribution in [2.45, 2.75) is 44.6 Å². The maximum absolute atomic E-state index is 12.0. The first-order chi connectivity index (χ1) is 10.2. The van der Waals surface area contributed by atoms with Crippen LogP contribution in [0, 0.1) is 0 Å². The van der Waals surface area contributed by atoms with Gasteiger partial charge >= 0.3 is 5.97 Å². The van der Waals surface area contributed by atoms with Gasteiger partial charge in [-0.15, -0.1) is 11.3 Å². The number of ether oxygens (including phenoxy) is 2. The molecule has 7 heteroatoms. The van der Waals surface area contributed by atoms with Gasteiger partial charge in [-0.2, -0.15) is 0 Å². The number of esters is 1. The Morgan fingerprint density at radius 3 is 3.10 bits per heavy atom. The number of carbonyl (C=O) groups excluding carboxylic acids is 2. The highest BCUT2D eigenvalue weighted by molar-refractivity contribution is 7.13. The van der Waals surface area contributed by atoms with Gasteiger partial charge in [0.15, 0.2) is 5.13 Å². The summed E-state index contributed by atoms with van der Waals surface area (Å²) >= 11 is 1.39. The Labute approximate surface area is 127 Å². The molecular weight excluding hydrogens is 292 g/mol. The molecule has 116 valence electrons. The molecule has 2 heterocycles. The van der Waals surface area contributed by atoms with Gasteiger partial charge in [-0.1, -0.05) is 0 Å². The number of anilines is 1. The zero-order valence-corrected chi connectivity index (χ0v) is 12.9. The fourth-order valence-corrected chi connectivity index (χ4v) is 2.88. The Morgan fingerprint density at radius 1 is 1.52 bits per heavy atom. The monoisotopic (exact) mass is 312 g/mol. The molecule has 1 unspecified atom stereocenters. The summed E-state index contributed by atoms with van der Waals surface area (Å²) in [4.78, 5) is 27.4. The van der Waals surface area contributed by atoms with E-state index in [1.54, 1.807) is 0 Å². The topological polar surface area (TPSA) is 77.5 Å². The van der Waals surface area contributed by atoms with Crippen LogP contribution in [0.5, 0.6) is 0 Å². The van der Waals surface area contributed by atoms with E-state index in [-0.39, 0.29) is 18.0 Å². The molecule has 1 aliphatic heterocycles. The molecule has 0 aliphatic carbocycles. The van der Waals surface area contributed by atoms with E-state index in [4.69, 9.17) is 4.74 Å². The Balaban J connectivity index is 1.76. The number of hydrogen-bond donors (Lipinski definition) is 1. The zero-order chi connectivity index (χ0) is 15.1. The molecule has 1 fully saturated rings. The number of thiazole rings is 1. The van der Waals surface area contributed by atoms with E-state index in [1.165, 1.54) is 18.4 Å². The van der Waals surface area contributed by atoms with Crippen molar-refractivity contribution in [3.05, 3.63) is 11.1 Å². The highest BCUT2D eigenvalue weighted by Crippen LogP contribution is 2.19. The normalized spacial score (nSPS) is 18.2. The molecule has 0 aromatic carbocycles. The second-order valence-corrected chi connectivity index (χ2v) is 5.78. The van der Waals surface area contributed by atoms with Gasteiger partial charge in [0.25, 0.3) is 5.91 Å². The molecule has 0 spiro atoms. The van der Waals surface area contributed by atoms with Crippen LogP contribution in [-0.2, 0) is 25.5 Å². The van der Waals surface area contributed by atoms with Gasteiger partial charge in [0.1, 0.15) is 6.10 Å². The molecule has 1 aromatic heterocycles. The molecule has 0 saturated carbocycles. The number of amides is 1. The van der Waals surface area contributed by atoms with Crippen LogP contribution in [0.25, 0.3) is 0 Å². The van der Waals surface area contributed by atoms with Crippen LogP contribution in [0.15, 0.2) is 5.38 Å². The predicted octanol–water partition coefficient (Wildman–Crippen LogP) is 2.15. The van der Waals surface area contributed by atoms with E-state index in [2.05, 4.69) is 15.0 Å². The minimum atomic E-state index is -0.356. The Hall–Kier alpha value is -1.47. The van der Waals surface area contributed by atoms with Crippen LogP contribution in [0.4, 0.5) is 5.13 Å². The highest BCUT2D eigenvalue weighted by Gasteiger charge is 2.22. The second kappa shape index (κ2) is 8.09. The van der Waals surface area contributed by atoms with Crippen LogP contribution < -0.4 is 5.32 Å². The average molecular weight is 312 g/mol. The van der Waals surface area contributed by atoms with Gasteiger partial charge in [-0.3, -0.25) is 14.9 Å². The summed E-state index contributed by atoms with van der Waals surface area (Å²) in [5.74, 6) is -0.335. The minimum Gasteiger partial charge on any atom is -0.469 e.